The molecule has 1 N–H and O–H groups in total. The second kappa shape index (κ2) is 5.15. The Hall–Kier alpha value is -0.550. The molecule has 0 amide bonds. The number of phenolic OH excluding ortho intramolecular Hbond substituents is 1. The molecular formula is C9H15OP. The van der Waals surface area contributed by atoms with Crippen molar-refractivity contribution in [3.8, 4) is 5.75 Å². The van der Waals surface area contributed by atoms with Gasteiger partial charge in [0, 0.05) is 5.30 Å². The summed E-state index contributed by atoms with van der Waals surface area (Å²) in [7, 11) is 2.47. The van der Waals surface area contributed by atoms with Gasteiger partial charge >= 0.3 is 0 Å². The summed E-state index contributed by atoms with van der Waals surface area (Å²) in [5.74, 6) is 0.339. The standard InChI is InChI=1S/C7H9OP.C2H6/c1-5-2-3-6(8)7(9)4-5;1-2/h2-4,8H,9H2,1H3;1-2H3. The van der Waals surface area contributed by atoms with E-state index in [-0.39, 0.29) is 0 Å². The first-order valence-electron chi connectivity index (χ1n) is 3.75. The predicted octanol–water partition coefficient (Wildman–Crippen LogP) is 2.23. The first-order valence-corrected chi connectivity index (χ1v) is 4.33. The minimum absolute atomic E-state index is 0.339. The number of aryl methyl sites for hydroxylation is 1. The molecule has 2 heteroatoms. The van der Waals surface area contributed by atoms with E-state index in [1.54, 1.807) is 6.07 Å². The SMILES string of the molecule is CC.Cc1ccc(O)c(P)c1. The number of hydrogen-bond acceptors (Lipinski definition) is 1. The molecule has 0 spiro atoms. The molecular weight excluding hydrogens is 155 g/mol. The van der Waals surface area contributed by atoms with E-state index in [1.807, 2.05) is 32.9 Å². The van der Waals surface area contributed by atoms with Crippen molar-refractivity contribution in [2.24, 2.45) is 0 Å². The Morgan fingerprint density at radius 2 is 1.82 bits per heavy atom. The molecule has 1 unspecified atom stereocenters. The zero-order valence-corrected chi connectivity index (χ0v) is 8.41. The highest BCUT2D eigenvalue weighted by Gasteiger charge is 1.91. The summed E-state index contributed by atoms with van der Waals surface area (Å²) >= 11 is 0. The molecule has 0 aliphatic rings. The van der Waals surface area contributed by atoms with Crippen molar-refractivity contribution in [3.05, 3.63) is 23.8 Å². The number of aromatic hydroxyl groups is 1. The van der Waals surface area contributed by atoms with Gasteiger partial charge in [0.25, 0.3) is 0 Å². The van der Waals surface area contributed by atoms with Crippen LogP contribution in [-0.4, -0.2) is 5.11 Å². The molecule has 0 aliphatic heterocycles. The van der Waals surface area contributed by atoms with Crippen molar-refractivity contribution in [2.75, 3.05) is 0 Å². The molecule has 0 saturated heterocycles. The highest BCUT2D eigenvalue weighted by molar-refractivity contribution is 7.27. The summed E-state index contributed by atoms with van der Waals surface area (Å²) in [6, 6.07) is 5.49. The van der Waals surface area contributed by atoms with Crippen LogP contribution in [0.2, 0.25) is 0 Å². The quantitative estimate of drug-likeness (QED) is 0.592. The summed E-state index contributed by atoms with van der Waals surface area (Å²) in [5, 5.41) is 9.88. The first-order chi connectivity index (χ1) is 5.20. The monoisotopic (exact) mass is 170 g/mol. The van der Waals surface area contributed by atoms with Gasteiger partial charge in [-0.15, -0.1) is 9.24 Å². The van der Waals surface area contributed by atoms with Gasteiger partial charge in [-0.2, -0.15) is 0 Å². The lowest BCUT2D eigenvalue weighted by Gasteiger charge is -1.96. The van der Waals surface area contributed by atoms with Gasteiger partial charge < -0.3 is 5.11 Å². The molecule has 0 saturated carbocycles. The minimum Gasteiger partial charge on any atom is -0.507 e. The maximum absolute atomic E-state index is 9.02. The predicted molar refractivity (Wildman–Crippen MR) is 53.5 cm³/mol. The van der Waals surface area contributed by atoms with Crippen LogP contribution in [0.15, 0.2) is 18.2 Å². The Bertz CT molecular complexity index is 221. The minimum atomic E-state index is 0.339. The van der Waals surface area contributed by atoms with Gasteiger partial charge in [-0.3, -0.25) is 0 Å². The number of benzene rings is 1. The maximum Gasteiger partial charge on any atom is 0.122 e. The van der Waals surface area contributed by atoms with Gasteiger partial charge in [-0.05, 0) is 19.1 Å². The van der Waals surface area contributed by atoms with Gasteiger partial charge in [0.1, 0.15) is 5.75 Å². The highest BCUT2D eigenvalue weighted by atomic mass is 31.0. The van der Waals surface area contributed by atoms with Crippen molar-refractivity contribution in [2.45, 2.75) is 20.8 Å². The summed E-state index contributed by atoms with van der Waals surface area (Å²) in [4.78, 5) is 0. The third kappa shape index (κ3) is 3.38. The van der Waals surface area contributed by atoms with Crippen LogP contribution in [0.5, 0.6) is 5.75 Å². The summed E-state index contributed by atoms with van der Waals surface area (Å²) in [6.45, 7) is 5.99. The van der Waals surface area contributed by atoms with Gasteiger partial charge in [-0.1, -0.05) is 25.5 Å². The van der Waals surface area contributed by atoms with E-state index < -0.39 is 0 Å². The van der Waals surface area contributed by atoms with E-state index >= 15 is 0 Å². The Morgan fingerprint density at radius 1 is 1.27 bits per heavy atom. The lowest BCUT2D eigenvalue weighted by molar-refractivity contribution is 0.480. The molecule has 1 nitrogen and oxygen atoms in total. The van der Waals surface area contributed by atoms with Crippen LogP contribution in [-0.2, 0) is 0 Å². The van der Waals surface area contributed by atoms with Crippen LogP contribution in [0.3, 0.4) is 0 Å². The molecule has 1 atom stereocenters. The highest BCUT2D eigenvalue weighted by Crippen LogP contribution is 2.09. The van der Waals surface area contributed by atoms with Gasteiger partial charge in [-0.25, -0.2) is 0 Å². The molecule has 0 aliphatic carbocycles. The normalized spacial score (nSPS) is 8.36. The van der Waals surface area contributed by atoms with Crippen molar-refractivity contribution in [3.63, 3.8) is 0 Å². The molecule has 62 valence electrons. The van der Waals surface area contributed by atoms with Crippen molar-refractivity contribution in [1.82, 2.24) is 0 Å². The van der Waals surface area contributed by atoms with Gasteiger partial charge in [0.15, 0.2) is 0 Å². The molecule has 11 heavy (non-hydrogen) atoms. The first kappa shape index (κ1) is 10.4. The summed E-state index contributed by atoms with van der Waals surface area (Å²) in [5.41, 5.74) is 1.16. The van der Waals surface area contributed by atoms with Crippen LogP contribution in [0.1, 0.15) is 19.4 Å². The zero-order valence-electron chi connectivity index (χ0n) is 7.26. The van der Waals surface area contributed by atoms with Crippen molar-refractivity contribution in [1.29, 1.82) is 0 Å². The lowest BCUT2D eigenvalue weighted by Crippen LogP contribution is -1.90. The molecule has 0 bridgehead atoms. The van der Waals surface area contributed by atoms with Crippen molar-refractivity contribution >= 4 is 14.5 Å². The fraction of sp³-hybridized carbons (Fsp3) is 0.333. The Kier molecular flexibility index (Phi) is 4.89. The van der Waals surface area contributed by atoms with Crippen LogP contribution in [0.25, 0.3) is 0 Å². The number of rotatable bonds is 0. The van der Waals surface area contributed by atoms with E-state index in [1.165, 1.54) is 0 Å². The van der Waals surface area contributed by atoms with Crippen molar-refractivity contribution < 1.29 is 5.11 Å². The van der Waals surface area contributed by atoms with Gasteiger partial charge in [0.2, 0.25) is 0 Å². The molecule has 1 aromatic rings. The molecule has 1 aromatic carbocycles. The van der Waals surface area contributed by atoms with E-state index in [0.717, 1.165) is 10.9 Å². The largest absolute Gasteiger partial charge is 0.507 e. The van der Waals surface area contributed by atoms with E-state index in [9.17, 15) is 0 Å². The lowest BCUT2D eigenvalue weighted by atomic mass is 10.2. The average molecular weight is 170 g/mol. The summed E-state index contributed by atoms with van der Waals surface area (Å²) in [6.07, 6.45) is 0. The fourth-order valence-corrected chi connectivity index (χ4v) is 1.03. The van der Waals surface area contributed by atoms with Crippen LogP contribution in [0, 0.1) is 6.92 Å². The molecule has 1 rings (SSSR count). The van der Waals surface area contributed by atoms with Gasteiger partial charge in [0.05, 0.1) is 0 Å². The Labute approximate surface area is 70.7 Å². The third-order valence-corrected chi connectivity index (χ3v) is 1.65. The van der Waals surface area contributed by atoms with E-state index in [0.29, 0.717) is 5.75 Å². The van der Waals surface area contributed by atoms with Crippen LogP contribution in [0.4, 0.5) is 0 Å². The zero-order chi connectivity index (χ0) is 8.85. The van der Waals surface area contributed by atoms with E-state index in [4.69, 9.17) is 5.11 Å². The number of phenols is 1. The summed E-state index contributed by atoms with van der Waals surface area (Å²) < 4.78 is 0. The molecule has 0 radical (unpaired) electrons. The second-order valence-corrected chi connectivity index (χ2v) is 2.68. The molecule has 0 fully saturated rings. The average Bonchev–Trinajstić information content (AvgIpc) is 2.02. The topological polar surface area (TPSA) is 20.2 Å². The maximum atomic E-state index is 9.02. The fourth-order valence-electron chi connectivity index (χ4n) is 0.674. The van der Waals surface area contributed by atoms with Crippen LogP contribution < -0.4 is 5.30 Å². The third-order valence-electron chi connectivity index (χ3n) is 1.18. The molecule has 0 aromatic heterocycles. The number of hydrogen-bond donors (Lipinski definition) is 1. The smallest absolute Gasteiger partial charge is 0.122 e. The molecule has 0 heterocycles. The van der Waals surface area contributed by atoms with E-state index in [2.05, 4.69) is 9.24 Å². The Balaban J connectivity index is 0.000000461. The Morgan fingerprint density at radius 3 is 2.18 bits per heavy atom. The van der Waals surface area contributed by atoms with Crippen LogP contribution >= 0.6 is 9.24 Å². The second-order valence-electron chi connectivity index (χ2n) is 2.06.